The number of carbonyl (C=O) groups excluding carboxylic acids is 2. The van der Waals surface area contributed by atoms with E-state index in [1.807, 2.05) is 32.0 Å². The molecule has 3 atom stereocenters. The lowest BCUT2D eigenvalue weighted by molar-refractivity contribution is -0.138. The van der Waals surface area contributed by atoms with Crippen molar-refractivity contribution in [1.82, 2.24) is 4.90 Å². The summed E-state index contributed by atoms with van der Waals surface area (Å²) < 4.78 is 6.36. The summed E-state index contributed by atoms with van der Waals surface area (Å²) in [5, 5.41) is 2.97. The van der Waals surface area contributed by atoms with Crippen LogP contribution in [0.4, 0.5) is 5.69 Å². The first-order valence-electron chi connectivity index (χ1n) is 10.9. The number of rotatable bonds is 4. The van der Waals surface area contributed by atoms with Gasteiger partial charge in [-0.1, -0.05) is 38.8 Å². The van der Waals surface area contributed by atoms with Gasteiger partial charge in [0, 0.05) is 36.5 Å². The van der Waals surface area contributed by atoms with Crippen LogP contribution in [0.5, 0.6) is 0 Å². The number of carbonyl (C=O) groups is 2. The Morgan fingerprint density at radius 1 is 1.18 bits per heavy atom. The zero-order chi connectivity index (χ0) is 19.7. The molecule has 152 valence electrons. The number of hydrogen-bond acceptors (Lipinski definition) is 3. The number of nitrogens with zero attached hydrogens (tertiary/aromatic N) is 1. The van der Waals surface area contributed by atoms with Gasteiger partial charge in [0.05, 0.1) is 12.2 Å². The van der Waals surface area contributed by atoms with Crippen LogP contribution in [-0.2, 0) is 14.3 Å². The largest absolute Gasteiger partial charge is 0.370 e. The van der Waals surface area contributed by atoms with Crippen LogP contribution < -0.4 is 5.32 Å². The molecule has 0 aromatic heterocycles. The van der Waals surface area contributed by atoms with E-state index in [4.69, 9.17) is 4.74 Å². The Hall–Kier alpha value is -1.88. The highest BCUT2D eigenvalue weighted by Gasteiger charge is 2.41. The molecule has 3 fully saturated rings. The van der Waals surface area contributed by atoms with Gasteiger partial charge < -0.3 is 15.0 Å². The Balaban J connectivity index is 1.39. The number of benzene rings is 1. The third kappa shape index (κ3) is 4.09. The monoisotopic (exact) mass is 384 g/mol. The molecule has 0 spiro atoms. The van der Waals surface area contributed by atoms with Crippen molar-refractivity contribution >= 4 is 17.5 Å². The second-order valence-electron chi connectivity index (χ2n) is 8.98. The number of hydrogen-bond donors (Lipinski definition) is 1. The molecular formula is C23H32N2O3. The standard InChI is InChI=1S/C23H32N2O3/c1-15(2)22(26)24-19-9-5-8-17(12-19)21-13-18-14-25(11-10-20(18)28-21)23(27)16-6-3-4-7-16/h5,8-9,12,15-16,18,20-21H,3-4,6-7,10-11,13-14H2,1-2H3,(H,24,26)/t18-,20+,21+/m1/s1. The van der Waals surface area contributed by atoms with Gasteiger partial charge in [0.25, 0.3) is 0 Å². The highest BCUT2D eigenvalue weighted by Crippen LogP contribution is 2.42. The minimum absolute atomic E-state index is 0.0271. The normalized spacial score (nSPS) is 27.8. The van der Waals surface area contributed by atoms with E-state index in [-0.39, 0.29) is 30.0 Å². The van der Waals surface area contributed by atoms with Crippen molar-refractivity contribution in [1.29, 1.82) is 0 Å². The van der Waals surface area contributed by atoms with Gasteiger partial charge in [0.1, 0.15) is 0 Å². The van der Waals surface area contributed by atoms with Gasteiger partial charge in [-0.2, -0.15) is 0 Å². The molecule has 1 aromatic carbocycles. The molecule has 1 saturated carbocycles. The van der Waals surface area contributed by atoms with Crippen molar-refractivity contribution in [2.75, 3.05) is 18.4 Å². The topological polar surface area (TPSA) is 58.6 Å². The fraction of sp³-hybridized carbons (Fsp3) is 0.652. The van der Waals surface area contributed by atoms with E-state index < -0.39 is 0 Å². The first kappa shape index (κ1) is 19.4. The number of likely N-dealkylation sites (tertiary alicyclic amines) is 1. The summed E-state index contributed by atoms with van der Waals surface area (Å²) >= 11 is 0. The van der Waals surface area contributed by atoms with Crippen molar-refractivity contribution in [2.45, 2.75) is 64.6 Å². The van der Waals surface area contributed by atoms with E-state index in [2.05, 4.69) is 16.3 Å². The summed E-state index contributed by atoms with van der Waals surface area (Å²) in [6.45, 7) is 5.44. The smallest absolute Gasteiger partial charge is 0.226 e. The minimum atomic E-state index is -0.0438. The number of anilines is 1. The molecule has 2 amide bonds. The molecule has 2 aliphatic heterocycles. The first-order valence-corrected chi connectivity index (χ1v) is 10.9. The van der Waals surface area contributed by atoms with E-state index in [1.165, 1.54) is 12.8 Å². The second kappa shape index (κ2) is 8.24. The van der Waals surface area contributed by atoms with Crippen molar-refractivity contribution in [3.63, 3.8) is 0 Å². The van der Waals surface area contributed by atoms with E-state index in [1.54, 1.807) is 0 Å². The Kier molecular flexibility index (Phi) is 5.72. The highest BCUT2D eigenvalue weighted by atomic mass is 16.5. The summed E-state index contributed by atoms with van der Waals surface area (Å²) in [6, 6.07) is 8.01. The number of nitrogens with one attached hydrogen (secondary N) is 1. The molecule has 4 rings (SSSR count). The van der Waals surface area contributed by atoms with Crippen molar-refractivity contribution in [3.8, 4) is 0 Å². The Bertz CT molecular complexity index is 726. The van der Waals surface area contributed by atoms with Gasteiger partial charge in [0.2, 0.25) is 11.8 Å². The van der Waals surface area contributed by atoms with Crippen LogP contribution in [-0.4, -0.2) is 35.9 Å². The van der Waals surface area contributed by atoms with Crippen LogP contribution >= 0.6 is 0 Å². The maximum atomic E-state index is 12.8. The van der Waals surface area contributed by atoms with Crippen LogP contribution in [0.3, 0.4) is 0 Å². The number of amides is 2. The SMILES string of the molecule is CC(C)C(=O)Nc1cccc([C@@H]2C[C@@H]3CN(C(=O)C4CCCC4)CC[C@@H]3O2)c1. The van der Waals surface area contributed by atoms with Gasteiger partial charge in [-0.05, 0) is 43.4 Å². The van der Waals surface area contributed by atoms with Gasteiger partial charge in [-0.3, -0.25) is 9.59 Å². The highest BCUT2D eigenvalue weighted by molar-refractivity contribution is 5.92. The maximum absolute atomic E-state index is 12.8. The molecule has 5 heteroatoms. The molecule has 0 bridgehead atoms. The summed E-state index contributed by atoms with van der Waals surface area (Å²) in [5.74, 6) is 1.03. The Morgan fingerprint density at radius 2 is 1.96 bits per heavy atom. The number of fused-ring (bicyclic) bond motifs is 1. The van der Waals surface area contributed by atoms with Gasteiger partial charge in [-0.15, -0.1) is 0 Å². The average Bonchev–Trinajstić information content (AvgIpc) is 3.36. The molecule has 1 N–H and O–H groups in total. The fourth-order valence-corrected chi connectivity index (χ4v) is 4.91. The summed E-state index contributed by atoms with van der Waals surface area (Å²) in [7, 11) is 0. The Morgan fingerprint density at radius 3 is 2.71 bits per heavy atom. The van der Waals surface area contributed by atoms with Crippen LogP contribution in [0.1, 0.15) is 64.0 Å². The third-order valence-corrected chi connectivity index (χ3v) is 6.59. The van der Waals surface area contributed by atoms with Crippen molar-refractivity contribution in [2.24, 2.45) is 17.8 Å². The molecule has 5 nitrogen and oxygen atoms in total. The molecule has 0 unspecified atom stereocenters. The van der Waals surface area contributed by atoms with Crippen molar-refractivity contribution < 1.29 is 14.3 Å². The lowest BCUT2D eigenvalue weighted by Gasteiger charge is -2.35. The van der Waals surface area contributed by atoms with Crippen LogP contribution in [0.25, 0.3) is 0 Å². The van der Waals surface area contributed by atoms with Gasteiger partial charge >= 0.3 is 0 Å². The third-order valence-electron chi connectivity index (χ3n) is 6.59. The molecule has 1 aromatic rings. The number of ether oxygens (including phenoxy) is 1. The van der Waals surface area contributed by atoms with Gasteiger partial charge in [-0.25, -0.2) is 0 Å². The maximum Gasteiger partial charge on any atom is 0.226 e. The van der Waals surface area contributed by atoms with E-state index in [9.17, 15) is 9.59 Å². The quantitative estimate of drug-likeness (QED) is 0.848. The zero-order valence-electron chi connectivity index (χ0n) is 17.0. The molecule has 2 saturated heterocycles. The molecule has 3 aliphatic rings. The molecule has 1 aliphatic carbocycles. The molecule has 2 heterocycles. The van der Waals surface area contributed by atoms with E-state index in [0.717, 1.165) is 50.0 Å². The summed E-state index contributed by atoms with van der Waals surface area (Å²) in [6.07, 6.45) is 6.70. The minimum Gasteiger partial charge on any atom is -0.370 e. The first-order chi connectivity index (χ1) is 13.5. The zero-order valence-corrected chi connectivity index (χ0v) is 17.0. The lowest BCUT2D eigenvalue weighted by Crippen LogP contribution is -2.46. The lowest BCUT2D eigenvalue weighted by atomic mass is 9.90. The van der Waals surface area contributed by atoms with E-state index in [0.29, 0.717) is 11.8 Å². The summed E-state index contributed by atoms with van der Waals surface area (Å²) in [4.78, 5) is 26.9. The number of piperidine rings is 1. The van der Waals surface area contributed by atoms with Crippen molar-refractivity contribution in [3.05, 3.63) is 29.8 Å². The fourth-order valence-electron chi connectivity index (χ4n) is 4.91. The second-order valence-corrected chi connectivity index (χ2v) is 8.98. The predicted octanol–water partition coefficient (Wildman–Crippen LogP) is 4.15. The average molecular weight is 385 g/mol. The van der Waals surface area contributed by atoms with E-state index >= 15 is 0 Å². The van der Waals surface area contributed by atoms with Crippen LogP contribution in [0, 0.1) is 17.8 Å². The predicted molar refractivity (Wildman–Crippen MR) is 109 cm³/mol. The summed E-state index contributed by atoms with van der Waals surface area (Å²) in [5.41, 5.74) is 1.94. The van der Waals surface area contributed by atoms with Crippen LogP contribution in [0.2, 0.25) is 0 Å². The molecule has 28 heavy (non-hydrogen) atoms. The Labute approximate surface area is 167 Å². The van der Waals surface area contributed by atoms with Crippen LogP contribution in [0.15, 0.2) is 24.3 Å². The van der Waals surface area contributed by atoms with Gasteiger partial charge in [0.15, 0.2) is 0 Å². The molecule has 0 radical (unpaired) electrons. The molecular weight excluding hydrogens is 352 g/mol.